The van der Waals surface area contributed by atoms with E-state index >= 15 is 0 Å². The molecule has 0 aliphatic rings. The Labute approximate surface area is 101 Å². The fourth-order valence-corrected chi connectivity index (χ4v) is 2.27. The molecule has 1 amide bonds. The van der Waals surface area contributed by atoms with Gasteiger partial charge in [-0.05, 0) is 13.0 Å². The number of amides is 1. The number of carbonyl (C=O) groups is 1. The maximum absolute atomic E-state index is 11.6. The summed E-state index contributed by atoms with van der Waals surface area (Å²) in [6.07, 6.45) is 1.63. The molecule has 0 saturated carbocycles. The van der Waals surface area contributed by atoms with Crippen LogP contribution in [0.4, 0.5) is 0 Å². The fraction of sp³-hybridized carbons (Fsp3) is 0.444. The van der Waals surface area contributed by atoms with E-state index in [-0.39, 0.29) is 11.2 Å². The lowest BCUT2D eigenvalue weighted by Gasteiger charge is -2.08. The smallest absolute Gasteiger partial charge is 0.261 e. The van der Waals surface area contributed by atoms with Crippen molar-refractivity contribution in [3.8, 4) is 0 Å². The highest BCUT2D eigenvalue weighted by molar-refractivity contribution is 7.84. The van der Waals surface area contributed by atoms with E-state index in [9.17, 15) is 9.00 Å². The Balaban J connectivity index is 2.47. The highest BCUT2D eigenvalue weighted by atomic mass is 32.2. The molecule has 0 radical (unpaired) electrons. The van der Waals surface area contributed by atoms with Crippen LogP contribution >= 0.6 is 24.0 Å². The van der Waals surface area contributed by atoms with Crippen molar-refractivity contribution in [2.45, 2.75) is 17.1 Å². The van der Waals surface area contributed by atoms with E-state index in [0.29, 0.717) is 11.4 Å². The topological polar surface area (TPSA) is 46.2 Å². The molecule has 2 unspecified atom stereocenters. The van der Waals surface area contributed by atoms with Crippen molar-refractivity contribution in [2.75, 3.05) is 12.8 Å². The summed E-state index contributed by atoms with van der Waals surface area (Å²) in [5, 5.41) is 4.52. The first kappa shape index (κ1) is 12.7. The van der Waals surface area contributed by atoms with Crippen LogP contribution in [0.3, 0.4) is 0 Å². The van der Waals surface area contributed by atoms with Gasteiger partial charge in [-0.1, -0.05) is 0 Å². The zero-order valence-electron chi connectivity index (χ0n) is 8.52. The predicted octanol–water partition coefficient (Wildman–Crippen LogP) is 1.53. The molecule has 0 fully saturated rings. The average molecular weight is 263 g/mol. The summed E-state index contributed by atoms with van der Waals surface area (Å²) in [5.41, 5.74) is 0. The van der Waals surface area contributed by atoms with E-state index in [1.165, 1.54) is 11.3 Å². The highest BCUT2D eigenvalue weighted by Crippen LogP contribution is 2.17. The second kappa shape index (κ2) is 5.67. The van der Waals surface area contributed by atoms with Crippen LogP contribution in [0.2, 0.25) is 0 Å². The van der Waals surface area contributed by atoms with Crippen molar-refractivity contribution >= 4 is 40.7 Å². The molecule has 1 N–H and O–H groups in total. The van der Waals surface area contributed by atoms with Crippen molar-refractivity contribution in [1.29, 1.82) is 0 Å². The standard InChI is InChI=1S/C9H13NO2S3/c1-6(15(2)12)4-10-9(11)8-3-7(13)5-14-8/h3,5-6,13H,4H2,1-2H3,(H,10,11). The van der Waals surface area contributed by atoms with E-state index in [1.807, 2.05) is 6.92 Å². The summed E-state index contributed by atoms with van der Waals surface area (Å²) in [6, 6.07) is 1.72. The highest BCUT2D eigenvalue weighted by Gasteiger charge is 2.11. The van der Waals surface area contributed by atoms with Crippen LogP contribution in [0.25, 0.3) is 0 Å². The molecule has 0 saturated heterocycles. The van der Waals surface area contributed by atoms with Crippen LogP contribution < -0.4 is 5.32 Å². The summed E-state index contributed by atoms with van der Waals surface area (Å²) in [7, 11) is -0.904. The Morgan fingerprint density at radius 1 is 1.73 bits per heavy atom. The molecular weight excluding hydrogens is 250 g/mol. The molecule has 84 valence electrons. The Bertz CT molecular complexity index is 375. The van der Waals surface area contributed by atoms with Gasteiger partial charge in [0.05, 0.1) is 4.88 Å². The van der Waals surface area contributed by atoms with Gasteiger partial charge in [0.15, 0.2) is 0 Å². The maximum atomic E-state index is 11.6. The van der Waals surface area contributed by atoms with Gasteiger partial charge in [0.25, 0.3) is 5.91 Å². The number of thiol groups is 1. The third-order valence-corrected chi connectivity index (χ3v) is 4.59. The lowest BCUT2D eigenvalue weighted by atomic mass is 10.4. The molecule has 0 aliphatic heterocycles. The molecule has 2 atom stereocenters. The van der Waals surface area contributed by atoms with E-state index < -0.39 is 10.8 Å². The second-order valence-electron chi connectivity index (χ2n) is 3.19. The number of nitrogens with one attached hydrogen (secondary N) is 1. The third kappa shape index (κ3) is 3.96. The summed E-state index contributed by atoms with van der Waals surface area (Å²) >= 11 is 5.48. The molecule has 15 heavy (non-hydrogen) atoms. The van der Waals surface area contributed by atoms with Crippen LogP contribution in [0.15, 0.2) is 16.3 Å². The van der Waals surface area contributed by atoms with Crippen LogP contribution in [-0.4, -0.2) is 28.2 Å². The van der Waals surface area contributed by atoms with Gasteiger partial charge in [-0.3, -0.25) is 9.00 Å². The minimum Gasteiger partial charge on any atom is -0.350 e. The summed E-state index contributed by atoms with van der Waals surface area (Å²) in [4.78, 5) is 13.0. The average Bonchev–Trinajstić information content (AvgIpc) is 2.60. The number of thiophene rings is 1. The molecule has 0 spiro atoms. The summed E-state index contributed by atoms with van der Waals surface area (Å²) in [6.45, 7) is 2.27. The minimum atomic E-state index is -0.904. The van der Waals surface area contributed by atoms with Gasteiger partial charge in [-0.15, -0.1) is 24.0 Å². The molecule has 1 heterocycles. The quantitative estimate of drug-likeness (QED) is 0.809. The molecule has 0 bridgehead atoms. The molecular formula is C9H13NO2S3. The minimum absolute atomic E-state index is 0.0237. The lowest BCUT2D eigenvalue weighted by Crippen LogP contribution is -2.32. The van der Waals surface area contributed by atoms with Crippen molar-refractivity contribution in [2.24, 2.45) is 0 Å². The first-order valence-electron chi connectivity index (χ1n) is 4.38. The number of hydrogen-bond donors (Lipinski definition) is 2. The summed E-state index contributed by atoms with van der Waals surface area (Å²) in [5.74, 6) is -0.127. The van der Waals surface area contributed by atoms with Gasteiger partial charge in [0.2, 0.25) is 0 Å². The van der Waals surface area contributed by atoms with Crippen LogP contribution in [-0.2, 0) is 10.8 Å². The molecule has 1 aromatic heterocycles. The van der Waals surface area contributed by atoms with Gasteiger partial charge in [0, 0.05) is 39.1 Å². The van der Waals surface area contributed by atoms with Gasteiger partial charge >= 0.3 is 0 Å². The molecule has 0 aliphatic carbocycles. The fourth-order valence-electron chi connectivity index (χ4n) is 0.886. The zero-order chi connectivity index (χ0) is 11.4. The van der Waals surface area contributed by atoms with Crippen LogP contribution in [0, 0.1) is 0 Å². The van der Waals surface area contributed by atoms with Crippen molar-refractivity contribution < 1.29 is 9.00 Å². The molecule has 6 heteroatoms. The van der Waals surface area contributed by atoms with E-state index in [2.05, 4.69) is 17.9 Å². The molecule has 1 aromatic rings. The zero-order valence-corrected chi connectivity index (χ0v) is 11.0. The lowest BCUT2D eigenvalue weighted by molar-refractivity contribution is 0.0958. The molecule has 1 rings (SSSR count). The number of rotatable bonds is 4. The first-order chi connectivity index (χ1) is 7.00. The number of carbonyl (C=O) groups excluding carboxylic acids is 1. The van der Waals surface area contributed by atoms with Crippen LogP contribution in [0.5, 0.6) is 0 Å². The van der Waals surface area contributed by atoms with Crippen LogP contribution in [0.1, 0.15) is 16.6 Å². The molecule has 0 aromatic carbocycles. The van der Waals surface area contributed by atoms with Gasteiger partial charge in [0.1, 0.15) is 0 Å². The third-order valence-electron chi connectivity index (χ3n) is 1.93. The number of hydrogen-bond acceptors (Lipinski definition) is 4. The maximum Gasteiger partial charge on any atom is 0.261 e. The van der Waals surface area contributed by atoms with Crippen molar-refractivity contribution in [3.63, 3.8) is 0 Å². The first-order valence-corrected chi connectivity index (χ1v) is 7.33. The van der Waals surface area contributed by atoms with Gasteiger partial charge in [-0.25, -0.2) is 0 Å². The van der Waals surface area contributed by atoms with Gasteiger partial charge in [-0.2, -0.15) is 0 Å². The normalized spacial score (nSPS) is 14.6. The Morgan fingerprint density at radius 2 is 2.40 bits per heavy atom. The summed E-state index contributed by atoms with van der Waals surface area (Å²) < 4.78 is 11.0. The largest absolute Gasteiger partial charge is 0.350 e. The van der Waals surface area contributed by atoms with E-state index in [0.717, 1.165) is 4.90 Å². The van der Waals surface area contributed by atoms with Gasteiger partial charge < -0.3 is 5.32 Å². The monoisotopic (exact) mass is 263 g/mol. The Hall–Kier alpha value is -0.330. The van der Waals surface area contributed by atoms with E-state index in [4.69, 9.17) is 0 Å². The predicted molar refractivity (Wildman–Crippen MR) is 67.4 cm³/mol. The second-order valence-corrected chi connectivity index (χ2v) is 6.42. The van der Waals surface area contributed by atoms with Crippen molar-refractivity contribution in [1.82, 2.24) is 5.32 Å². The van der Waals surface area contributed by atoms with E-state index in [1.54, 1.807) is 17.7 Å². The van der Waals surface area contributed by atoms with Crippen molar-refractivity contribution in [3.05, 3.63) is 16.3 Å². The molecule has 3 nitrogen and oxygen atoms in total. The Kier molecular flexibility index (Phi) is 4.82. The Morgan fingerprint density at radius 3 is 2.87 bits per heavy atom. The SMILES string of the molecule is CC(CNC(=O)c1cc(S)cs1)S(C)=O.